The minimum Gasteiger partial charge on any atom is -0.479 e. The van der Waals surface area contributed by atoms with E-state index in [4.69, 9.17) is 5.11 Å². The maximum absolute atomic E-state index is 12.6. The van der Waals surface area contributed by atoms with Crippen LogP contribution in [0.4, 0.5) is 18.0 Å². The van der Waals surface area contributed by atoms with Crippen molar-refractivity contribution in [1.82, 2.24) is 10.6 Å². The average Bonchev–Trinajstić information content (AvgIpc) is 2.77. The lowest BCUT2D eigenvalue weighted by molar-refractivity contribution is -0.203. The van der Waals surface area contributed by atoms with Gasteiger partial charge in [0, 0.05) is 4.88 Å². The Morgan fingerprint density at radius 3 is 2.47 bits per heavy atom. The number of hydrogen-bond donors (Lipinski definition) is 3. The molecular formula is C10H11F3N2O3S. The van der Waals surface area contributed by atoms with Crippen molar-refractivity contribution in [2.45, 2.75) is 25.2 Å². The van der Waals surface area contributed by atoms with Crippen molar-refractivity contribution in [3.8, 4) is 0 Å². The van der Waals surface area contributed by atoms with Crippen LogP contribution in [0.2, 0.25) is 0 Å². The van der Waals surface area contributed by atoms with Crippen LogP contribution in [0.5, 0.6) is 0 Å². The Bertz CT molecular complexity index is 461. The number of carbonyl (C=O) groups is 2. The summed E-state index contributed by atoms with van der Waals surface area (Å²) in [7, 11) is 0. The van der Waals surface area contributed by atoms with Crippen LogP contribution in [0.1, 0.15) is 11.8 Å². The Kier molecular flexibility index (Phi) is 4.40. The lowest BCUT2D eigenvalue weighted by Gasteiger charge is -2.28. The predicted octanol–water partition coefficient (Wildman–Crippen LogP) is 1.95. The third-order valence-electron chi connectivity index (χ3n) is 2.36. The smallest absolute Gasteiger partial charge is 0.422 e. The van der Waals surface area contributed by atoms with Gasteiger partial charge in [-0.15, -0.1) is 11.3 Å². The number of halogens is 3. The maximum Gasteiger partial charge on any atom is 0.422 e. The van der Waals surface area contributed by atoms with Crippen LogP contribution < -0.4 is 10.6 Å². The monoisotopic (exact) mass is 296 g/mol. The van der Waals surface area contributed by atoms with Crippen molar-refractivity contribution in [2.24, 2.45) is 0 Å². The number of rotatable bonds is 4. The first kappa shape index (κ1) is 15.3. The van der Waals surface area contributed by atoms with E-state index in [0.29, 0.717) is 6.92 Å². The zero-order valence-electron chi connectivity index (χ0n) is 9.75. The number of carboxylic acid groups (broad SMARTS) is 1. The summed E-state index contributed by atoms with van der Waals surface area (Å²) in [5.41, 5.74) is -3.33. The number of amides is 2. The fraction of sp³-hybridized carbons (Fsp3) is 0.400. The molecule has 1 unspecified atom stereocenters. The van der Waals surface area contributed by atoms with E-state index in [0.717, 1.165) is 4.88 Å². The number of aliphatic carboxylic acids is 1. The summed E-state index contributed by atoms with van der Waals surface area (Å²) in [5.74, 6) is -2.17. The van der Waals surface area contributed by atoms with E-state index < -0.39 is 23.7 Å². The van der Waals surface area contributed by atoms with Gasteiger partial charge in [0.2, 0.25) is 5.54 Å². The molecule has 0 saturated carbocycles. The SMILES string of the molecule is CC(NC(=O)NCc1cccs1)(C(=O)O)C(F)(F)F. The molecule has 0 aromatic carbocycles. The summed E-state index contributed by atoms with van der Waals surface area (Å²) in [5, 5.41) is 13.9. The molecule has 1 aromatic rings. The standard InChI is InChI=1S/C10H11F3N2O3S/c1-9(7(16)17,10(11,12)13)15-8(18)14-5-6-3-2-4-19-6/h2-4H,5H2,1H3,(H,16,17)(H2,14,15,18). The minimum absolute atomic E-state index is 0.0249. The number of nitrogens with one attached hydrogen (secondary N) is 2. The maximum atomic E-state index is 12.6. The Hall–Kier alpha value is -1.77. The summed E-state index contributed by atoms with van der Waals surface area (Å²) in [6.45, 7) is 0.414. The van der Waals surface area contributed by atoms with Crippen LogP contribution >= 0.6 is 11.3 Å². The minimum atomic E-state index is -5.10. The first-order valence-corrected chi connectivity index (χ1v) is 5.93. The third kappa shape index (κ3) is 3.60. The number of urea groups is 1. The summed E-state index contributed by atoms with van der Waals surface area (Å²) < 4.78 is 37.8. The van der Waals surface area contributed by atoms with E-state index in [2.05, 4.69) is 5.32 Å². The van der Waals surface area contributed by atoms with Gasteiger partial charge in [0.15, 0.2) is 0 Å². The Morgan fingerprint density at radius 1 is 1.42 bits per heavy atom. The molecule has 0 aliphatic rings. The molecule has 0 aliphatic heterocycles. The Labute approximate surface area is 110 Å². The lowest BCUT2D eigenvalue weighted by atomic mass is 10.0. The van der Waals surface area contributed by atoms with Crippen molar-refractivity contribution in [3.05, 3.63) is 22.4 Å². The molecular weight excluding hydrogens is 285 g/mol. The molecule has 106 valence electrons. The molecule has 9 heteroatoms. The van der Waals surface area contributed by atoms with E-state index in [1.54, 1.807) is 17.5 Å². The molecule has 5 nitrogen and oxygen atoms in total. The van der Waals surface area contributed by atoms with Gasteiger partial charge in [0.05, 0.1) is 6.54 Å². The van der Waals surface area contributed by atoms with Gasteiger partial charge < -0.3 is 15.7 Å². The van der Waals surface area contributed by atoms with E-state index >= 15 is 0 Å². The molecule has 0 aliphatic carbocycles. The van der Waals surface area contributed by atoms with E-state index in [9.17, 15) is 22.8 Å². The van der Waals surface area contributed by atoms with Crippen molar-refractivity contribution >= 4 is 23.3 Å². The van der Waals surface area contributed by atoms with Crippen LogP contribution in [-0.2, 0) is 11.3 Å². The normalized spacial score (nSPS) is 14.5. The van der Waals surface area contributed by atoms with E-state index in [1.807, 2.05) is 0 Å². The summed E-state index contributed by atoms with van der Waals surface area (Å²) in [6.07, 6.45) is -5.10. The molecule has 0 spiro atoms. The van der Waals surface area contributed by atoms with Gasteiger partial charge in [-0.05, 0) is 18.4 Å². The second kappa shape index (κ2) is 5.47. The fourth-order valence-corrected chi connectivity index (χ4v) is 1.74. The van der Waals surface area contributed by atoms with Crippen LogP contribution in [0.25, 0.3) is 0 Å². The van der Waals surface area contributed by atoms with Gasteiger partial charge in [-0.2, -0.15) is 13.2 Å². The number of hydrogen-bond acceptors (Lipinski definition) is 3. The third-order valence-corrected chi connectivity index (χ3v) is 3.24. The van der Waals surface area contributed by atoms with Crippen molar-refractivity contribution < 1.29 is 27.9 Å². The van der Waals surface area contributed by atoms with E-state index in [1.165, 1.54) is 16.7 Å². The zero-order valence-corrected chi connectivity index (χ0v) is 10.6. The van der Waals surface area contributed by atoms with Gasteiger partial charge in [-0.25, -0.2) is 9.59 Å². The quantitative estimate of drug-likeness (QED) is 0.794. The number of carbonyl (C=O) groups excluding carboxylic acids is 1. The summed E-state index contributed by atoms with van der Waals surface area (Å²) >= 11 is 1.31. The highest BCUT2D eigenvalue weighted by Crippen LogP contribution is 2.30. The molecule has 0 radical (unpaired) electrons. The Balaban J connectivity index is 2.65. The fourth-order valence-electron chi connectivity index (χ4n) is 1.10. The molecule has 1 atom stereocenters. The van der Waals surface area contributed by atoms with Gasteiger partial charge in [0.1, 0.15) is 0 Å². The molecule has 0 bridgehead atoms. The van der Waals surface area contributed by atoms with Crippen LogP contribution in [0.15, 0.2) is 17.5 Å². The van der Waals surface area contributed by atoms with Gasteiger partial charge in [0.25, 0.3) is 0 Å². The first-order valence-electron chi connectivity index (χ1n) is 5.05. The van der Waals surface area contributed by atoms with Crippen LogP contribution in [-0.4, -0.2) is 28.8 Å². The molecule has 1 heterocycles. The molecule has 3 N–H and O–H groups in total. The molecule has 19 heavy (non-hydrogen) atoms. The number of carboxylic acids is 1. The van der Waals surface area contributed by atoms with Gasteiger partial charge in [-0.1, -0.05) is 6.07 Å². The van der Waals surface area contributed by atoms with E-state index in [-0.39, 0.29) is 6.54 Å². The van der Waals surface area contributed by atoms with Gasteiger partial charge >= 0.3 is 18.2 Å². The summed E-state index contributed by atoms with van der Waals surface area (Å²) in [4.78, 5) is 22.7. The zero-order chi connectivity index (χ0) is 14.7. The molecule has 1 aromatic heterocycles. The van der Waals surface area contributed by atoms with Crippen LogP contribution in [0, 0.1) is 0 Å². The number of alkyl halides is 3. The highest BCUT2D eigenvalue weighted by atomic mass is 32.1. The second-order valence-electron chi connectivity index (χ2n) is 3.81. The second-order valence-corrected chi connectivity index (χ2v) is 4.85. The molecule has 1 rings (SSSR count). The average molecular weight is 296 g/mol. The lowest BCUT2D eigenvalue weighted by Crippen LogP contribution is -2.63. The molecule has 0 saturated heterocycles. The Morgan fingerprint density at radius 2 is 2.05 bits per heavy atom. The highest BCUT2D eigenvalue weighted by Gasteiger charge is 2.58. The molecule has 0 fully saturated rings. The largest absolute Gasteiger partial charge is 0.479 e. The predicted molar refractivity (Wildman–Crippen MR) is 61.8 cm³/mol. The van der Waals surface area contributed by atoms with Gasteiger partial charge in [-0.3, -0.25) is 0 Å². The first-order chi connectivity index (χ1) is 8.67. The van der Waals surface area contributed by atoms with Crippen LogP contribution in [0.3, 0.4) is 0 Å². The number of thiophene rings is 1. The summed E-state index contributed by atoms with van der Waals surface area (Å²) in [6, 6.07) is 2.21. The van der Waals surface area contributed by atoms with Crippen molar-refractivity contribution in [3.63, 3.8) is 0 Å². The van der Waals surface area contributed by atoms with Crippen molar-refractivity contribution in [2.75, 3.05) is 0 Å². The molecule has 2 amide bonds. The highest BCUT2D eigenvalue weighted by molar-refractivity contribution is 7.09. The van der Waals surface area contributed by atoms with Crippen molar-refractivity contribution in [1.29, 1.82) is 0 Å². The topological polar surface area (TPSA) is 78.4 Å².